The zero-order chi connectivity index (χ0) is 12.3. The first-order valence-electron chi connectivity index (χ1n) is 6.03. The predicted octanol–water partition coefficient (Wildman–Crippen LogP) is 2.76. The fraction of sp³-hybridized carbons (Fsp3) is 0.538. The number of ether oxygens (including phenoxy) is 1. The van der Waals surface area contributed by atoms with E-state index in [2.05, 4.69) is 12.2 Å². The van der Waals surface area contributed by atoms with Gasteiger partial charge in [-0.2, -0.15) is 0 Å². The van der Waals surface area contributed by atoms with Crippen LogP contribution in [0.3, 0.4) is 0 Å². The zero-order valence-corrected chi connectivity index (χ0v) is 9.95. The van der Waals surface area contributed by atoms with Gasteiger partial charge in [0, 0.05) is 30.3 Å². The van der Waals surface area contributed by atoms with Crippen LogP contribution in [0.2, 0.25) is 0 Å². The Labute approximate surface area is 101 Å². The molecule has 1 fully saturated rings. The van der Waals surface area contributed by atoms with E-state index in [-0.39, 0.29) is 5.75 Å². The van der Waals surface area contributed by atoms with Crippen molar-refractivity contribution < 1.29 is 14.2 Å². The van der Waals surface area contributed by atoms with Gasteiger partial charge >= 0.3 is 0 Å². The lowest BCUT2D eigenvalue weighted by Gasteiger charge is -2.23. The van der Waals surface area contributed by atoms with Crippen molar-refractivity contribution in [1.82, 2.24) is 0 Å². The van der Waals surface area contributed by atoms with E-state index in [1.165, 1.54) is 12.1 Å². The number of hydrogen-bond donors (Lipinski definition) is 2. The number of phenolic OH excluding ortho intramolecular Hbond substituents is 1. The fourth-order valence-electron chi connectivity index (χ4n) is 2.23. The summed E-state index contributed by atoms with van der Waals surface area (Å²) in [6.45, 7) is 3.69. The first-order valence-corrected chi connectivity index (χ1v) is 6.03. The van der Waals surface area contributed by atoms with Crippen molar-refractivity contribution in [2.45, 2.75) is 25.8 Å². The van der Waals surface area contributed by atoms with Crippen LogP contribution in [0.15, 0.2) is 18.2 Å². The van der Waals surface area contributed by atoms with Crippen molar-refractivity contribution in [1.29, 1.82) is 0 Å². The van der Waals surface area contributed by atoms with Gasteiger partial charge in [-0.25, -0.2) is 4.39 Å². The molecule has 1 aromatic rings. The van der Waals surface area contributed by atoms with E-state index in [1.54, 1.807) is 6.07 Å². The number of anilines is 1. The maximum atomic E-state index is 13.2. The number of halogens is 1. The van der Waals surface area contributed by atoms with Gasteiger partial charge in [0.1, 0.15) is 0 Å². The molecule has 0 bridgehead atoms. The molecule has 0 radical (unpaired) electrons. The molecule has 4 heteroatoms. The summed E-state index contributed by atoms with van der Waals surface area (Å²) in [5, 5.41) is 12.4. The molecule has 2 rings (SSSR count). The second-order valence-corrected chi connectivity index (χ2v) is 4.45. The van der Waals surface area contributed by atoms with E-state index in [1.807, 2.05) is 0 Å². The molecule has 2 unspecified atom stereocenters. The summed E-state index contributed by atoms with van der Waals surface area (Å²) in [6.07, 6.45) is 2.02. The molecule has 1 saturated heterocycles. The Hall–Kier alpha value is -1.29. The van der Waals surface area contributed by atoms with Gasteiger partial charge in [0.05, 0.1) is 6.61 Å². The summed E-state index contributed by atoms with van der Waals surface area (Å²) >= 11 is 0. The van der Waals surface area contributed by atoms with Crippen molar-refractivity contribution in [3.05, 3.63) is 24.0 Å². The largest absolute Gasteiger partial charge is 0.505 e. The molecule has 0 aliphatic carbocycles. The van der Waals surface area contributed by atoms with E-state index in [9.17, 15) is 4.39 Å². The van der Waals surface area contributed by atoms with Crippen LogP contribution in [0.25, 0.3) is 0 Å². The Morgan fingerprint density at radius 3 is 3.00 bits per heavy atom. The number of rotatable bonds is 4. The molecule has 1 aromatic carbocycles. The average Bonchev–Trinajstić information content (AvgIpc) is 2.84. The second-order valence-electron chi connectivity index (χ2n) is 4.45. The van der Waals surface area contributed by atoms with E-state index in [4.69, 9.17) is 9.84 Å². The molecule has 0 aromatic heterocycles. The first-order chi connectivity index (χ1) is 8.20. The lowest BCUT2D eigenvalue weighted by Crippen LogP contribution is -2.28. The van der Waals surface area contributed by atoms with Crippen LogP contribution in [-0.2, 0) is 4.74 Å². The van der Waals surface area contributed by atoms with Gasteiger partial charge in [-0.3, -0.25) is 0 Å². The van der Waals surface area contributed by atoms with Gasteiger partial charge in [0.15, 0.2) is 11.6 Å². The lowest BCUT2D eigenvalue weighted by molar-refractivity contribution is 0.182. The Morgan fingerprint density at radius 1 is 1.59 bits per heavy atom. The molecule has 0 spiro atoms. The first kappa shape index (κ1) is 12.2. The van der Waals surface area contributed by atoms with Crippen LogP contribution in [0.1, 0.15) is 19.8 Å². The summed E-state index contributed by atoms with van der Waals surface area (Å²) in [6, 6.07) is 4.68. The molecule has 3 nitrogen and oxygen atoms in total. The number of benzene rings is 1. The lowest BCUT2D eigenvalue weighted by atomic mass is 9.96. The highest BCUT2D eigenvalue weighted by molar-refractivity contribution is 5.47. The molecule has 1 aliphatic heterocycles. The monoisotopic (exact) mass is 239 g/mol. The maximum absolute atomic E-state index is 13.2. The average molecular weight is 239 g/mol. The fourth-order valence-corrected chi connectivity index (χ4v) is 2.23. The third kappa shape index (κ3) is 2.88. The van der Waals surface area contributed by atoms with Gasteiger partial charge in [-0.15, -0.1) is 0 Å². The van der Waals surface area contributed by atoms with E-state index in [0.29, 0.717) is 17.6 Å². The molecule has 1 aliphatic rings. The highest BCUT2D eigenvalue weighted by Gasteiger charge is 2.24. The van der Waals surface area contributed by atoms with Crippen LogP contribution in [0.5, 0.6) is 5.75 Å². The predicted molar refractivity (Wildman–Crippen MR) is 64.7 cm³/mol. The number of phenols is 1. The second kappa shape index (κ2) is 5.36. The highest BCUT2D eigenvalue weighted by atomic mass is 19.1. The summed E-state index contributed by atoms with van der Waals surface area (Å²) in [5.41, 5.74) is 0.707. The van der Waals surface area contributed by atoms with Gasteiger partial charge in [0.2, 0.25) is 0 Å². The smallest absolute Gasteiger partial charge is 0.166 e. The van der Waals surface area contributed by atoms with Crippen LogP contribution < -0.4 is 5.32 Å². The summed E-state index contributed by atoms with van der Waals surface area (Å²) in [7, 11) is 0. The summed E-state index contributed by atoms with van der Waals surface area (Å²) < 4.78 is 18.6. The van der Waals surface area contributed by atoms with Crippen LogP contribution in [0, 0.1) is 11.7 Å². The SMILES string of the molecule is CCC(Nc1ccc(O)c(F)c1)C1CCOC1. The third-order valence-electron chi connectivity index (χ3n) is 3.27. The normalized spacial score (nSPS) is 21.4. The van der Waals surface area contributed by atoms with Crippen molar-refractivity contribution in [2.24, 2.45) is 5.92 Å². The van der Waals surface area contributed by atoms with Crippen molar-refractivity contribution in [3.63, 3.8) is 0 Å². The van der Waals surface area contributed by atoms with Crippen LogP contribution in [0.4, 0.5) is 10.1 Å². The van der Waals surface area contributed by atoms with E-state index >= 15 is 0 Å². The minimum absolute atomic E-state index is 0.293. The maximum Gasteiger partial charge on any atom is 0.166 e. The number of nitrogens with one attached hydrogen (secondary N) is 1. The minimum Gasteiger partial charge on any atom is -0.505 e. The van der Waals surface area contributed by atoms with Crippen molar-refractivity contribution in [2.75, 3.05) is 18.5 Å². The van der Waals surface area contributed by atoms with E-state index < -0.39 is 5.82 Å². The van der Waals surface area contributed by atoms with Crippen molar-refractivity contribution >= 4 is 5.69 Å². The Balaban J connectivity index is 2.04. The van der Waals surface area contributed by atoms with Gasteiger partial charge in [-0.05, 0) is 25.0 Å². The molecule has 2 N–H and O–H groups in total. The molecule has 0 saturated carbocycles. The Bertz CT molecular complexity index is 378. The van der Waals surface area contributed by atoms with Gasteiger partial charge in [0.25, 0.3) is 0 Å². The van der Waals surface area contributed by atoms with Gasteiger partial charge in [-0.1, -0.05) is 6.92 Å². The van der Waals surface area contributed by atoms with Crippen molar-refractivity contribution in [3.8, 4) is 5.75 Å². The molecule has 17 heavy (non-hydrogen) atoms. The molecule has 0 amide bonds. The zero-order valence-electron chi connectivity index (χ0n) is 9.95. The molecule has 94 valence electrons. The topological polar surface area (TPSA) is 41.5 Å². The van der Waals surface area contributed by atoms with Crippen LogP contribution >= 0.6 is 0 Å². The Kier molecular flexibility index (Phi) is 3.84. The standard InChI is InChI=1S/C13H18FNO2/c1-2-12(9-5-6-17-8-9)15-10-3-4-13(16)11(14)7-10/h3-4,7,9,12,15-16H,2,5-6,8H2,1H3. The number of aromatic hydroxyl groups is 1. The van der Waals surface area contributed by atoms with E-state index in [0.717, 1.165) is 26.1 Å². The molecule has 1 heterocycles. The molecular formula is C13H18FNO2. The molecular weight excluding hydrogens is 221 g/mol. The van der Waals surface area contributed by atoms with Gasteiger partial charge < -0.3 is 15.2 Å². The third-order valence-corrected chi connectivity index (χ3v) is 3.27. The quantitative estimate of drug-likeness (QED) is 0.794. The molecule has 2 atom stereocenters. The minimum atomic E-state index is -0.590. The Morgan fingerprint density at radius 2 is 2.41 bits per heavy atom. The van der Waals surface area contributed by atoms with Crippen LogP contribution in [-0.4, -0.2) is 24.4 Å². The number of hydrogen-bond acceptors (Lipinski definition) is 3. The summed E-state index contributed by atoms with van der Waals surface area (Å²) in [5.74, 6) is -0.419. The summed E-state index contributed by atoms with van der Waals surface area (Å²) in [4.78, 5) is 0. The highest BCUT2D eigenvalue weighted by Crippen LogP contribution is 2.25.